The number of hydrogen-bond donors (Lipinski definition) is 3. The van der Waals surface area contributed by atoms with Gasteiger partial charge >= 0.3 is 5.97 Å². The van der Waals surface area contributed by atoms with Gasteiger partial charge in [-0.3, -0.25) is 4.79 Å². The Bertz CT molecular complexity index is 420. The fraction of sp³-hybridized carbons (Fsp3) is 0.500. The fourth-order valence-electron chi connectivity index (χ4n) is 1.38. The molecule has 3 N–H and O–H groups in total. The summed E-state index contributed by atoms with van der Waals surface area (Å²) in [5.74, 6) is -0.935. The summed E-state index contributed by atoms with van der Waals surface area (Å²) in [5.41, 5.74) is 0. The average Bonchev–Trinajstić information content (AvgIpc) is 2.84. The summed E-state index contributed by atoms with van der Waals surface area (Å²) in [6, 6.07) is 3.36. The minimum atomic E-state index is -0.909. The van der Waals surface area contributed by atoms with Crippen molar-refractivity contribution in [1.82, 2.24) is 10.6 Å². The van der Waals surface area contributed by atoms with Crippen LogP contribution < -0.4 is 10.6 Å². The molecule has 1 aromatic rings. The van der Waals surface area contributed by atoms with E-state index in [2.05, 4.69) is 10.6 Å². The number of carbonyl (C=O) groups excluding carboxylic acids is 1. The predicted octanol–water partition coefficient (Wildman–Crippen LogP) is 0.689. The van der Waals surface area contributed by atoms with Gasteiger partial charge in [-0.25, -0.2) is 4.79 Å². The van der Waals surface area contributed by atoms with Gasteiger partial charge in [0.1, 0.15) is 4.88 Å². The average molecular weight is 286 g/mol. The molecule has 0 spiro atoms. The topological polar surface area (TPSA) is 87.7 Å². The number of nitrogens with one attached hydrogen (secondary N) is 2. The normalized spacial score (nSPS) is 10.4. The van der Waals surface area contributed by atoms with E-state index in [0.717, 1.165) is 4.88 Å². The van der Waals surface area contributed by atoms with E-state index >= 15 is 0 Å². The van der Waals surface area contributed by atoms with Crippen LogP contribution in [0, 0.1) is 0 Å². The molecule has 1 rings (SSSR count). The Kier molecular flexibility index (Phi) is 7.09. The Morgan fingerprint density at radius 1 is 1.37 bits per heavy atom. The second-order valence-electron chi connectivity index (χ2n) is 3.84. The van der Waals surface area contributed by atoms with Crippen LogP contribution in [0.15, 0.2) is 12.1 Å². The minimum absolute atomic E-state index is 0.0260. The summed E-state index contributed by atoms with van der Waals surface area (Å²) >= 11 is 1.24. The third kappa shape index (κ3) is 6.32. The number of ether oxygens (including phenoxy) is 1. The largest absolute Gasteiger partial charge is 0.477 e. The van der Waals surface area contributed by atoms with Gasteiger partial charge in [0.25, 0.3) is 0 Å². The maximum Gasteiger partial charge on any atom is 0.345 e. The van der Waals surface area contributed by atoms with Crippen molar-refractivity contribution in [3.8, 4) is 0 Å². The number of thiophene rings is 1. The molecule has 0 radical (unpaired) electrons. The lowest BCUT2D eigenvalue weighted by atomic mass is 10.3. The third-order valence-electron chi connectivity index (χ3n) is 2.33. The van der Waals surface area contributed by atoms with E-state index in [1.165, 1.54) is 11.3 Å². The second kappa shape index (κ2) is 8.63. The fourth-order valence-corrected chi connectivity index (χ4v) is 2.20. The zero-order valence-corrected chi connectivity index (χ0v) is 11.6. The first-order chi connectivity index (χ1) is 9.13. The van der Waals surface area contributed by atoms with Crippen molar-refractivity contribution < 1.29 is 19.4 Å². The summed E-state index contributed by atoms with van der Waals surface area (Å²) in [6.45, 7) is 2.15. The van der Waals surface area contributed by atoms with Crippen molar-refractivity contribution in [2.45, 2.75) is 13.0 Å². The molecule has 0 bridgehead atoms. The van der Waals surface area contributed by atoms with Crippen LogP contribution in [0.1, 0.15) is 21.0 Å². The number of carboxylic acid groups (broad SMARTS) is 1. The van der Waals surface area contributed by atoms with Gasteiger partial charge in [0, 0.05) is 38.0 Å². The van der Waals surface area contributed by atoms with Crippen LogP contribution in [0.25, 0.3) is 0 Å². The van der Waals surface area contributed by atoms with Crippen LogP contribution in [-0.2, 0) is 16.1 Å². The molecule has 0 saturated carbocycles. The Morgan fingerprint density at radius 2 is 2.16 bits per heavy atom. The van der Waals surface area contributed by atoms with Gasteiger partial charge in [-0.1, -0.05) is 0 Å². The first kappa shape index (κ1) is 15.6. The maximum absolute atomic E-state index is 11.3. The summed E-state index contributed by atoms with van der Waals surface area (Å²) in [7, 11) is 1.58. The zero-order chi connectivity index (χ0) is 14.1. The number of amides is 1. The van der Waals surface area contributed by atoms with Crippen LogP contribution in [0.5, 0.6) is 0 Å². The first-order valence-corrected chi connectivity index (χ1v) is 6.73. The summed E-state index contributed by atoms with van der Waals surface area (Å²) in [4.78, 5) is 23.3. The lowest BCUT2D eigenvalue weighted by molar-refractivity contribution is -0.121. The molecule has 0 aromatic carbocycles. The van der Waals surface area contributed by atoms with E-state index < -0.39 is 5.97 Å². The van der Waals surface area contributed by atoms with E-state index in [4.69, 9.17) is 9.84 Å². The molecule has 6 nitrogen and oxygen atoms in total. The van der Waals surface area contributed by atoms with Gasteiger partial charge in [0.05, 0.1) is 6.61 Å². The zero-order valence-electron chi connectivity index (χ0n) is 10.8. The van der Waals surface area contributed by atoms with E-state index in [-0.39, 0.29) is 5.91 Å². The molecule has 1 aromatic heterocycles. The van der Waals surface area contributed by atoms with E-state index in [1.54, 1.807) is 19.2 Å². The van der Waals surface area contributed by atoms with Crippen LogP contribution in [0.4, 0.5) is 0 Å². The molecule has 0 fully saturated rings. The highest BCUT2D eigenvalue weighted by molar-refractivity contribution is 7.13. The monoisotopic (exact) mass is 286 g/mol. The van der Waals surface area contributed by atoms with E-state index in [0.29, 0.717) is 37.5 Å². The van der Waals surface area contributed by atoms with Crippen LogP contribution >= 0.6 is 11.3 Å². The SMILES string of the molecule is COCCNC(=O)CCNCc1ccc(C(=O)O)s1. The highest BCUT2D eigenvalue weighted by Crippen LogP contribution is 2.15. The van der Waals surface area contributed by atoms with Crippen molar-refractivity contribution in [3.05, 3.63) is 21.9 Å². The van der Waals surface area contributed by atoms with Crippen LogP contribution in [0.3, 0.4) is 0 Å². The molecule has 0 aliphatic carbocycles. The highest BCUT2D eigenvalue weighted by atomic mass is 32.1. The minimum Gasteiger partial charge on any atom is -0.477 e. The molecule has 1 amide bonds. The molecule has 0 aliphatic rings. The number of carbonyl (C=O) groups is 2. The number of methoxy groups -OCH3 is 1. The second-order valence-corrected chi connectivity index (χ2v) is 5.01. The summed E-state index contributed by atoms with van der Waals surface area (Å²) in [6.07, 6.45) is 0.390. The van der Waals surface area contributed by atoms with E-state index in [1.807, 2.05) is 0 Å². The Morgan fingerprint density at radius 3 is 2.79 bits per heavy atom. The Hall–Kier alpha value is -1.44. The highest BCUT2D eigenvalue weighted by Gasteiger charge is 2.06. The van der Waals surface area contributed by atoms with Crippen LogP contribution in [-0.4, -0.2) is 43.8 Å². The summed E-state index contributed by atoms with van der Waals surface area (Å²) < 4.78 is 4.82. The molecule has 106 valence electrons. The van der Waals surface area contributed by atoms with Gasteiger partial charge in [-0.2, -0.15) is 0 Å². The number of aromatic carboxylic acids is 1. The molecule has 0 saturated heterocycles. The van der Waals surface area contributed by atoms with Crippen molar-refractivity contribution in [1.29, 1.82) is 0 Å². The molecule has 0 aliphatic heterocycles. The van der Waals surface area contributed by atoms with Gasteiger partial charge in [0.15, 0.2) is 0 Å². The Balaban J connectivity index is 2.13. The standard InChI is InChI=1S/C12H18N2O4S/c1-18-7-6-14-11(15)4-5-13-8-9-2-3-10(19-9)12(16)17/h2-3,13H,4-8H2,1H3,(H,14,15)(H,16,17). The molecule has 0 unspecified atom stereocenters. The van der Waals surface area contributed by atoms with Crippen LogP contribution in [0.2, 0.25) is 0 Å². The van der Waals surface area contributed by atoms with Crippen molar-refractivity contribution >= 4 is 23.2 Å². The molecule has 1 heterocycles. The Labute approximate surface area is 115 Å². The molecule has 19 heavy (non-hydrogen) atoms. The molecular weight excluding hydrogens is 268 g/mol. The molecule has 7 heteroatoms. The first-order valence-electron chi connectivity index (χ1n) is 5.92. The number of carboxylic acids is 1. The lowest BCUT2D eigenvalue weighted by Crippen LogP contribution is -2.29. The smallest absolute Gasteiger partial charge is 0.345 e. The quantitative estimate of drug-likeness (QED) is 0.581. The van der Waals surface area contributed by atoms with E-state index in [9.17, 15) is 9.59 Å². The predicted molar refractivity (Wildman–Crippen MR) is 72.5 cm³/mol. The van der Waals surface area contributed by atoms with Gasteiger partial charge in [0.2, 0.25) is 5.91 Å². The maximum atomic E-state index is 11.3. The number of hydrogen-bond acceptors (Lipinski definition) is 5. The molecular formula is C12H18N2O4S. The van der Waals surface area contributed by atoms with Gasteiger partial charge in [-0.05, 0) is 12.1 Å². The van der Waals surface area contributed by atoms with Crippen molar-refractivity contribution in [2.75, 3.05) is 26.8 Å². The van der Waals surface area contributed by atoms with Gasteiger partial charge in [-0.15, -0.1) is 11.3 Å². The lowest BCUT2D eigenvalue weighted by Gasteiger charge is -2.05. The van der Waals surface area contributed by atoms with Gasteiger partial charge < -0.3 is 20.5 Å². The summed E-state index contributed by atoms with van der Waals surface area (Å²) in [5, 5.41) is 14.6. The molecule has 0 atom stereocenters. The van der Waals surface area contributed by atoms with Crippen molar-refractivity contribution in [2.24, 2.45) is 0 Å². The third-order valence-corrected chi connectivity index (χ3v) is 3.40. The number of rotatable bonds is 9. The van der Waals surface area contributed by atoms with Crippen molar-refractivity contribution in [3.63, 3.8) is 0 Å².